The first kappa shape index (κ1) is 22.7. The molecule has 2 aliphatic heterocycles. The Hall–Kier alpha value is -1.99. The van der Waals surface area contributed by atoms with Gasteiger partial charge in [-0.1, -0.05) is 55.5 Å². The molecule has 164 valence electrons. The van der Waals surface area contributed by atoms with Crippen LogP contribution in [0.25, 0.3) is 0 Å². The number of fused-ring (bicyclic) bond motifs is 1. The summed E-state index contributed by atoms with van der Waals surface area (Å²) in [5.74, 6) is -0.594. The zero-order valence-corrected chi connectivity index (χ0v) is 17.9. The maximum atomic E-state index is 12.4. The molecule has 0 spiro atoms. The van der Waals surface area contributed by atoms with Gasteiger partial charge in [-0.3, -0.25) is 4.79 Å². The van der Waals surface area contributed by atoms with Crippen molar-refractivity contribution in [1.29, 1.82) is 0 Å². The molecule has 1 aromatic rings. The van der Waals surface area contributed by atoms with Gasteiger partial charge in [0.25, 0.3) is 0 Å². The molecule has 2 heterocycles. The molecule has 0 aliphatic carbocycles. The highest BCUT2D eigenvalue weighted by Gasteiger charge is 2.45. The Kier molecular flexibility index (Phi) is 7.47. The van der Waals surface area contributed by atoms with Gasteiger partial charge in [0, 0.05) is 11.5 Å². The van der Waals surface area contributed by atoms with Gasteiger partial charge in [0.05, 0.1) is 24.7 Å². The number of carbonyl (C=O) groups is 1. The molecular formula is C24H32O6. The first-order chi connectivity index (χ1) is 14.3. The summed E-state index contributed by atoms with van der Waals surface area (Å²) in [6, 6.07) is 9.77. The molecule has 30 heavy (non-hydrogen) atoms. The van der Waals surface area contributed by atoms with Crippen LogP contribution in [0.15, 0.2) is 54.1 Å². The van der Waals surface area contributed by atoms with Gasteiger partial charge in [-0.05, 0) is 32.3 Å². The van der Waals surface area contributed by atoms with E-state index < -0.39 is 30.1 Å². The number of hydrogen-bond acceptors (Lipinski definition) is 6. The molecule has 1 saturated heterocycles. The fraction of sp³-hybridized carbons (Fsp3) is 0.542. The fourth-order valence-corrected chi connectivity index (χ4v) is 4.01. The molecule has 1 aromatic carbocycles. The maximum Gasteiger partial charge on any atom is 0.309 e. The standard InChI is InChI=1S/C24H32O6/c1-16-9-10-20-24(3,30-23(28-20)18-7-5-4-6-8-18)13-11-19(26)15-21(27)29-22(16)17(2)12-14-25/h4-10,12,16,19-20,22-23,25-26H,11,13-15H2,1-3H3/b10-9+,17-12+/t16-,19+,20-,22-,23-,24+/m0/s1. The summed E-state index contributed by atoms with van der Waals surface area (Å²) in [5.41, 5.74) is 1.07. The van der Waals surface area contributed by atoms with E-state index in [-0.39, 0.29) is 25.0 Å². The zero-order valence-electron chi connectivity index (χ0n) is 17.9. The minimum Gasteiger partial charge on any atom is -0.457 e. The lowest BCUT2D eigenvalue weighted by Crippen LogP contribution is -2.37. The lowest BCUT2D eigenvalue weighted by Gasteiger charge is -2.30. The van der Waals surface area contributed by atoms with Crippen LogP contribution in [0.2, 0.25) is 0 Å². The second-order valence-corrected chi connectivity index (χ2v) is 8.41. The number of benzene rings is 1. The van der Waals surface area contributed by atoms with Crippen LogP contribution in [0, 0.1) is 5.92 Å². The van der Waals surface area contributed by atoms with E-state index in [4.69, 9.17) is 14.2 Å². The molecule has 0 amide bonds. The van der Waals surface area contributed by atoms with Crippen molar-refractivity contribution in [3.63, 3.8) is 0 Å². The summed E-state index contributed by atoms with van der Waals surface area (Å²) >= 11 is 0. The monoisotopic (exact) mass is 416 g/mol. The molecular weight excluding hydrogens is 384 g/mol. The predicted octanol–water partition coefficient (Wildman–Crippen LogP) is 3.45. The molecule has 0 radical (unpaired) electrons. The average molecular weight is 417 g/mol. The summed E-state index contributed by atoms with van der Waals surface area (Å²) in [5, 5.41) is 19.7. The second-order valence-electron chi connectivity index (χ2n) is 8.41. The third kappa shape index (κ3) is 5.38. The molecule has 6 heteroatoms. The van der Waals surface area contributed by atoms with Crippen molar-refractivity contribution < 1.29 is 29.2 Å². The number of aliphatic hydroxyl groups is 2. The molecule has 0 bridgehead atoms. The Bertz CT molecular complexity index is 773. The number of cyclic esters (lactones) is 1. The summed E-state index contributed by atoms with van der Waals surface area (Å²) < 4.78 is 18.2. The Morgan fingerprint density at radius 2 is 2.00 bits per heavy atom. The topological polar surface area (TPSA) is 85.2 Å². The van der Waals surface area contributed by atoms with Gasteiger partial charge >= 0.3 is 5.97 Å². The normalized spacial score (nSPS) is 36.9. The first-order valence-corrected chi connectivity index (χ1v) is 10.5. The molecule has 1 fully saturated rings. The van der Waals surface area contributed by atoms with E-state index in [1.807, 2.05) is 63.3 Å². The van der Waals surface area contributed by atoms with E-state index in [1.54, 1.807) is 6.08 Å². The van der Waals surface area contributed by atoms with Crippen LogP contribution in [0.1, 0.15) is 51.9 Å². The van der Waals surface area contributed by atoms with Gasteiger partial charge in [0.1, 0.15) is 12.2 Å². The van der Waals surface area contributed by atoms with Gasteiger partial charge in [-0.2, -0.15) is 0 Å². The quantitative estimate of drug-likeness (QED) is 0.580. The van der Waals surface area contributed by atoms with Crippen molar-refractivity contribution in [2.24, 2.45) is 5.92 Å². The molecule has 6 atom stereocenters. The van der Waals surface area contributed by atoms with Gasteiger partial charge < -0.3 is 24.4 Å². The first-order valence-electron chi connectivity index (χ1n) is 10.5. The SMILES string of the molecule is C/C(=C\CO)[C@H]1OC(=O)C[C@H](O)CC[C@@]2(C)O[C@@H](c3ccccc3)O[C@H]2/C=C/[C@@H]1C. The van der Waals surface area contributed by atoms with Gasteiger partial charge in [-0.25, -0.2) is 0 Å². The molecule has 0 aromatic heterocycles. The number of esters is 1. The van der Waals surface area contributed by atoms with Crippen LogP contribution in [0.5, 0.6) is 0 Å². The van der Waals surface area contributed by atoms with E-state index in [0.29, 0.717) is 12.8 Å². The number of aliphatic hydroxyl groups excluding tert-OH is 2. The van der Waals surface area contributed by atoms with Crippen molar-refractivity contribution >= 4 is 5.97 Å². The maximum absolute atomic E-state index is 12.4. The van der Waals surface area contributed by atoms with Crippen molar-refractivity contribution in [2.75, 3.05) is 6.61 Å². The van der Waals surface area contributed by atoms with E-state index in [2.05, 4.69) is 0 Å². The van der Waals surface area contributed by atoms with Crippen LogP contribution >= 0.6 is 0 Å². The smallest absolute Gasteiger partial charge is 0.309 e. The van der Waals surface area contributed by atoms with Crippen LogP contribution in [0.4, 0.5) is 0 Å². The summed E-state index contributed by atoms with van der Waals surface area (Å²) in [4.78, 5) is 12.4. The number of carbonyl (C=O) groups excluding carboxylic acids is 1. The molecule has 6 nitrogen and oxygen atoms in total. The van der Waals surface area contributed by atoms with E-state index in [1.165, 1.54) is 0 Å². The Morgan fingerprint density at radius 3 is 2.70 bits per heavy atom. The highest BCUT2D eigenvalue weighted by molar-refractivity contribution is 5.70. The molecule has 0 unspecified atom stereocenters. The predicted molar refractivity (Wildman–Crippen MR) is 112 cm³/mol. The molecule has 2 N–H and O–H groups in total. The Morgan fingerprint density at radius 1 is 1.27 bits per heavy atom. The summed E-state index contributed by atoms with van der Waals surface area (Å²) in [7, 11) is 0. The number of hydrogen-bond donors (Lipinski definition) is 2. The Labute approximate surface area is 178 Å². The highest BCUT2D eigenvalue weighted by Crippen LogP contribution is 2.42. The van der Waals surface area contributed by atoms with Gasteiger partial charge in [0.2, 0.25) is 0 Å². The molecule has 0 saturated carbocycles. The number of ether oxygens (including phenoxy) is 3. The van der Waals surface area contributed by atoms with Crippen molar-refractivity contribution in [3.8, 4) is 0 Å². The number of rotatable bonds is 3. The average Bonchev–Trinajstić information content (AvgIpc) is 3.06. The van der Waals surface area contributed by atoms with E-state index in [9.17, 15) is 15.0 Å². The molecule has 3 rings (SSSR count). The molecule has 2 aliphatic rings. The third-order valence-electron chi connectivity index (χ3n) is 5.88. The van der Waals surface area contributed by atoms with Gasteiger partial charge in [-0.15, -0.1) is 0 Å². The summed E-state index contributed by atoms with van der Waals surface area (Å²) in [6.45, 7) is 5.63. The van der Waals surface area contributed by atoms with Crippen LogP contribution in [0.3, 0.4) is 0 Å². The Balaban J connectivity index is 1.89. The summed E-state index contributed by atoms with van der Waals surface area (Å²) in [6.07, 6.45) is 4.29. The van der Waals surface area contributed by atoms with Gasteiger partial charge in [0.15, 0.2) is 6.29 Å². The lowest BCUT2D eigenvalue weighted by molar-refractivity contribution is -0.151. The van der Waals surface area contributed by atoms with Crippen molar-refractivity contribution in [1.82, 2.24) is 0 Å². The van der Waals surface area contributed by atoms with Crippen LogP contribution in [-0.2, 0) is 19.0 Å². The zero-order chi connectivity index (χ0) is 21.7. The fourth-order valence-electron chi connectivity index (χ4n) is 4.01. The van der Waals surface area contributed by atoms with Crippen LogP contribution in [-0.4, -0.2) is 46.7 Å². The lowest BCUT2D eigenvalue weighted by atomic mass is 9.89. The van der Waals surface area contributed by atoms with Crippen molar-refractivity contribution in [3.05, 3.63) is 59.7 Å². The minimum absolute atomic E-state index is 0.0803. The second kappa shape index (κ2) is 9.88. The van der Waals surface area contributed by atoms with Crippen LogP contribution < -0.4 is 0 Å². The largest absolute Gasteiger partial charge is 0.457 e. The highest BCUT2D eigenvalue weighted by atomic mass is 16.7. The third-order valence-corrected chi connectivity index (χ3v) is 5.88. The van der Waals surface area contributed by atoms with E-state index in [0.717, 1.165) is 11.1 Å². The van der Waals surface area contributed by atoms with E-state index >= 15 is 0 Å². The minimum atomic E-state index is -0.823. The van der Waals surface area contributed by atoms with Crippen molar-refractivity contribution in [2.45, 2.75) is 70.2 Å².